The van der Waals surface area contributed by atoms with Crippen LogP contribution in [0.3, 0.4) is 0 Å². The van der Waals surface area contributed by atoms with Crippen molar-refractivity contribution in [1.29, 1.82) is 0 Å². The second-order valence-corrected chi connectivity index (χ2v) is 5.78. The molecule has 0 N–H and O–H groups in total. The molecule has 1 saturated heterocycles. The van der Waals surface area contributed by atoms with Crippen LogP contribution >= 0.6 is 23.2 Å². The summed E-state index contributed by atoms with van der Waals surface area (Å²) in [6, 6.07) is 3.94. The van der Waals surface area contributed by atoms with Gasteiger partial charge in [-0.25, -0.2) is 0 Å². The normalized spacial score (nSPS) is 16.7. The highest BCUT2D eigenvalue weighted by molar-refractivity contribution is 6.36. The van der Waals surface area contributed by atoms with Gasteiger partial charge in [0.15, 0.2) is 0 Å². The Bertz CT molecular complexity index is 459. The number of carbonyl (C=O) groups excluding carboxylic acids is 1. The first-order valence-corrected chi connectivity index (χ1v) is 7.15. The molecule has 0 atom stereocenters. The number of carbonyl (C=O) groups is 1. The average molecular weight is 301 g/mol. The Balaban J connectivity index is 1.98. The standard InChI is InChI=1S/C14H18Cl2N2O/c1-10-13(15)7-12(8-14(10)16)9-17-3-5-18(6-4-17)11(2)19/h7-8H,3-6,9H2,1-2H3. The topological polar surface area (TPSA) is 23.6 Å². The molecule has 1 aromatic carbocycles. The third-order valence-corrected chi connectivity index (χ3v) is 4.35. The number of nitrogens with zero attached hydrogens (tertiary/aromatic N) is 2. The molecule has 0 aliphatic carbocycles. The first-order chi connectivity index (χ1) is 8.97. The number of halogens is 2. The molecule has 0 bridgehead atoms. The Hall–Kier alpha value is -0.770. The van der Waals surface area contributed by atoms with Crippen molar-refractivity contribution in [3.8, 4) is 0 Å². The number of piperazine rings is 1. The number of benzene rings is 1. The van der Waals surface area contributed by atoms with E-state index in [9.17, 15) is 4.79 Å². The van der Waals surface area contributed by atoms with Crippen molar-refractivity contribution in [1.82, 2.24) is 9.80 Å². The maximum Gasteiger partial charge on any atom is 0.219 e. The molecule has 1 amide bonds. The molecule has 19 heavy (non-hydrogen) atoms. The number of hydrogen-bond acceptors (Lipinski definition) is 2. The van der Waals surface area contributed by atoms with Gasteiger partial charge < -0.3 is 4.90 Å². The molecule has 1 aliphatic rings. The lowest BCUT2D eigenvalue weighted by Crippen LogP contribution is -2.47. The second-order valence-electron chi connectivity index (χ2n) is 4.97. The van der Waals surface area contributed by atoms with E-state index >= 15 is 0 Å². The lowest BCUT2D eigenvalue weighted by Gasteiger charge is -2.34. The predicted octanol–water partition coefficient (Wildman–Crippen LogP) is 2.97. The van der Waals surface area contributed by atoms with Gasteiger partial charge in [-0.3, -0.25) is 9.69 Å². The number of amides is 1. The Morgan fingerprint density at radius 2 is 1.68 bits per heavy atom. The lowest BCUT2D eigenvalue weighted by atomic mass is 10.1. The third kappa shape index (κ3) is 3.62. The van der Waals surface area contributed by atoms with Gasteiger partial charge in [-0.05, 0) is 30.2 Å². The fourth-order valence-corrected chi connectivity index (χ4v) is 2.80. The second kappa shape index (κ2) is 6.12. The van der Waals surface area contributed by atoms with E-state index in [1.165, 1.54) is 0 Å². The van der Waals surface area contributed by atoms with Gasteiger partial charge in [0.2, 0.25) is 5.91 Å². The zero-order valence-electron chi connectivity index (χ0n) is 11.2. The predicted molar refractivity (Wildman–Crippen MR) is 78.7 cm³/mol. The van der Waals surface area contributed by atoms with Crippen LogP contribution in [0.25, 0.3) is 0 Å². The van der Waals surface area contributed by atoms with Gasteiger partial charge in [-0.15, -0.1) is 0 Å². The van der Waals surface area contributed by atoms with Crippen molar-refractivity contribution in [2.75, 3.05) is 26.2 Å². The summed E-state index contributed by atoms with van der Waals surface area (Å²) in [7, 11) is 0. The van der Waals surface area contributed by atoms with Crippen molar-refractivity contribution >= 4 is 29.1 Å². The molecule has 5 heteroatoms. The zero-order chi connectivity index (χ0) is 14.0. The van der Waals surface area contributed by atoms with Crippen LogP contribution < -0.4 is 0 Å². The van der Waals surface area contributed by atoms with E-state index in [4.69, 9.17) is 23.2 Å². The van der Waals surface area contributed by atoms with Gasteiger partial charge in [0, 0.05) is 49.7 Å². The third-order valence-electron chi connectivity index (χ3n) is 3.56. The van der Waals surface area contributed by atoms with Gasteiger partial charge in [-0.2, -0.15) is 0 Å². The number of hydrogen-bond donors (Lipinski definition) is 0. The molecule has 0 spiro atoms. The summed E-state index contributed by atoms with van der Waals surface area (Å²) in [5.41, 5.74) is 2.05. The van der Waals surface area contributed by atoms with Crippen LogP contribution in [0.4, 0.5) is 0 Å². The van der Waals surface area contributed by atoms with Crippen LogP contribution in [0.2, 0.25) is 10.0 Å². The van der Waals surface area contributed by atoms with E-state index in [1.807, 2.05) is 24.0 Å². The summed E-state index contributed by atoms with van der Waals surface area (Å²) in [6.45, 7) is 7.73. The quantitative estimate of drug-likeness (QED) is 0.838. The molecule has 0 saturated carbocycles. The van der Waals surface area contributed by atoms with Crippen molar-refractivity contribution < 1.29 is 4.79 Å². The van der Waals surface area contributed by atoms with Crippen molar-refractivity contribution in [2.45, 2.75) is 20.4 Å². The van der Waals surface area contributed by atoms with E-state index in [1.54, 1.807) is 6.92 Å². The SMILES string of the molecule is CC(=O)N1CCN(Cc2cc(Cl)c(C)c(Cl)c2)CC1. The van der Waals surface area contributed by atoms with Gasteiger partial charge in [-0.1, -0.05) is 23.2 Å². The molecule has 0 aromatic heterocycles. The zero-order valence-corrected chi connectivity index (χ0v) is 12.8. The molecule has 1 fully saturated rings. The lowest BCUT2D eigenvalue weighted by molar-refractivity contribution is -0.130. The van der Waals surface area contributed by atoms with E-state index in [0.717, 1.165) is 43.9 Å². The van der Waals surface area contributed by atoms with Crippen LogP contribution in [-0.2, 0) is 11.3 Å². The van der Waals surface area contributed by atoms with Gasteiger partial charge in [0.1, 0.15) is 0 Å². The van der Waals surface area contributed by atoms with Crippen molar-refractivity contribution in [3.05, 3.63) is 33.3 Å². The molecule has 2 rings (SSSR count). The van der Waals surface area contributed by atoms with Crippen molar-refractivity contribution in [3.63, 3.8) is 0 Å². The Morgan fingerprint density at radius 3 is 2.16 bits per heavy atom. The Kier molecular flexibility index (Phi) is 4.71. The van der Waals surface area contributed by atoms with Crippen LogP contribution in [0, 0.1) is 6.92 Å². The summed E-state index contributed by atoms with van der Waals surface area (Å²) < 4.78 is 0. The van der Waals surface area contributed by atoms with Crippen LogP contribution in [-0.4, -0.2) is 41.9 Å². The molecular weight excluding hydrogens is 283 g/mol. The van der Waals surface area contributed by atoms with Gasteiger partial charge in [0.25, 0.3) is 0 Å². The van der Waals surface area contributed by atoms with Gasteiger partial charge >= 0.3 is 0 Å². The maximum absolute atomic E-state index is 11.3. The monoisotopic (exact) mass is 300 g/mol. The summed E-state index contributed by atoms with van der Waals surface area (Å²) in [4.78, 5) is 15.5. The summed E-state index contributed by atoms with van der Waals surface area (Å²) in [5, 5.41) is 1.43. The van der Waals surface area contributed by atoms with E-state index in [-0.39, 0.29) is 5.91 Å². The fourth-order valence-electron chi connectivity index (χ4n) is 2.27. The first kappa shape index (κ1) is 14.6. The largest absolute Gasteiger partial charge is 0.340 e. The maximum atomic E-state index is 11.3. The van der Waals surface area contributed by atoms with Crippen LogP contribution in [0.15, 0.2) is 12.1 Å². The average Bonchev–Trinajstić information content (AvgIpc) is 2.36. The highest BCUT2D eigenvalue weighted by Gasteiger charge is 2.18. The molecule has 1 aliphatic heterocycles. The molecular formula is C14H18Cl2N2O. The van der Waals surface area contributed by atoms with Gasteiger partial charge in [0.05, 0.1) is 0 Å². The highest BCUT2D eigenvalue weighted by atomic mass is 35.5. The van der Waals surface area contributed by atoms with Crippen LogP contribution in [0.5, 0.6) is 0 Å². The minimum absolute atomic E-state index is 0.154. The van der Waals surface area contributed by atoms with E-state index < -0.39 is 0 Å². The molecule has 0 unspecified atom stereocenters. The van der Waals surface area contributed by atoms with E-state index in [0.29, 0.717) is 10.0 Å². The van der Waals surface area contributed by atoms with Crippen molar-refractivity contribution in [2.24, 2.45) is 0 Å². The Labute approximate surface area is 124 Å². The molecule has 3 nitrogen and oxygen atoms in total. The minimum atomic E-state index is 0.154. The summed E-state index contributed by atoms with van der Waals surface area (Å²) >= 11 is 12.3. The molecule has 104 valence electrons. The first-order valence-electron chi connectivity index (χ1n) is 6.40. The minimum Gasteiger partial charge on any atom is -0.340 e. The fraction of sp³-hybridized carbons (Fsp3) is 0.500. The summed E-state index contributed by atoms with van der Waals surface area (Å²) in [6.07, 6.45) is 0. The molecule has 0 radical (unpaired) electrons. The highest BCUT2D eigenvalue weighted by Crippen LogP contribution is 2.26. The van der Waals surface area contributed by atoms with Crippen LogP contribution in [0.1, 0.15) is 18.1 Å². The molecule has 1 aromatic rings. The molecule has 1 heterocycles. The smallest absolute Gasteiger partial charge is 0.219 e. The Morgan fingerprint density at radius 1 is 1.16 bits per heavy atom. The summed E-state index contributed by atoms with van der Waals surface area (Å²) in [5.74, 6) is 0.154. The number of rotatable bonds is 2. The van der Waals surface area contributed by atoms with E-state index in [2.05, 4.69) is 4.90 Å².